The van der Waals surface area contributed by atoms with E-state index >= 15 is 0 Å². The van der Waals surface area contributed by atoms with Crippen molar-refractivity contribution in [3.8, 4) is 5.75 Å². The maximum absolute atomic E-state index is 5.93. The number of aromatic nitrogens is 1. The van der Waals surface area contributed by atoms with Gasteiger partial charge >= 0.3 is 0 Å². The minimum atomic E-state index is 0.684. The van der Waals surface area contributed by atoms with Crippen LogP contribution in [0, 0.1) is 6.92 Å². The summed E-state index contributed by atoms with van der Waals surface area (Å²) in [5.41, 5.74) is 3.34. The van der Waals surface area contributed by atoms with E-state index in [1.807, 2.05) is 30.5 Å². The highest BCUT2D eigenvalue weighted by Crippen LogP contribution is 2.25. The standard InChI is InChI=1S/C14H14ClNO/c1-10-4-3-7-16-13(10)8-11-5-6-12(15)9-14(11)17-2/h3-7,9H,8H2,1-2H3. The summed E-state index contributed by atoms with van der Waals surface area (Å²) in [7, 11) is 1.65. The maximum atomic E-state index is 5.93. The van der Waals surface area contributed by atoms with Crippen molar-refractivity contribution in [3.05, 3.63) is 58.4 Å². The molecule has 17 heavy (non-hydrogen) atoms. The highest BCUT2D eigenvalue weighted by Gasteiger charge is 2.07. The second-order valence-corrected chi connectivity index (χ2v) is 4.34. The molecule has 0 saturated heterocycles. The van der Waals surface area contributed by atoms with Crippen LogP contribution in [-0.2, 0) is 6.42 Å². The van der Waals surface area contributed by atoms with Gasteiger partial charge in [-0.25, -0.2) is 0 Å². The van der Waals surface area contributed by atoms with E-state index in [4.69, 9.17) is 16.3 Å². The van der Waals surface area contributed by atoms with Gasteiger partial charge in [-0.3, -0.25) is 4.98 Å². The number of methoxy groups -OCH3 is 1. The van der Waals surface area contributed by atoms with E-state index in [0.29, 0.717) is 5.02 Å². The van der Waals surface area contributed by atoms with Crippen LogP contribution < -0.4 is 4.74 Å². The number of ether oxygens (including phenoxy) is 1. The third-order valence-corrected chi connectivity index (χ3v) is 2.96. The van der Waals surface area contributed by atoms with E-state index in [1.165, 1.54) is 5.56 Å². The lowest BCUT2D eigenvalue weighted by Crippen LogP contribution is -1.98. The number of rotatable bonds is 3. The molecule has 2 nitrogen and oxygen atoms in total. The molecule has 0 spiro atoms. The van der Waals surface area contributed by atoms with E-state index < -0.39 is 0 Å². The van der Waals surface area contributed by atoms with Crippen LogP contribution in [-0.4, -0.2) is 12.1 Å². The zero-order chi connectivity index (χ0) is 12.3. The molecular weight excluding hydrogens is 234 g/mol. The molecule has 0 saturated carbocycles. The quantitative estimate of drug-likeness (QED) is 0.826. The summed E-state index contributed by atoms with van der Waals surface area (Å²) in [5.74, 6) is 0.808. The Labute approximate surface area is 106 Å². The van der Waals surface area contributed by atoms with Crippen molar-refractivity contribution < 1.29 is 4.74 Å². The van der Waals surface area contributed by atoms with Gasteiger partial charge in [0.05, 0.1) is 7.11 Å². The Bertz CT molecular complexity index is 525. The molecule has 3 heteroatoms. The van der Waals surface area contributed by atoms with Crippen LogP contribution in [0.15, 0.2) is 36.5 Å². The van der Waals surface area contributed by atoms with Crippen molar-refractivity contribution in [3.63, 3.8) is 0 Å². The van der Waals surface area contributed by atoms with Gasteiger partial charge in [0.25, 0.3) is 0 Å². The topological polar surface area (TPSA) is 22.1 Å². The molecule has 0 amide bonds. The van der Waals surface area contributed by atoms with Gasteiger partial charge in [0.1, 0.15) is 5.75 Å². The van der Waals surface area contributed by atoms with Crippen LogP contribution in [0.2, 0.25) is 5.02 Å². The first kappa shape index (κ1) is 11.9. The van der Waals surface area contributed by atoms with Gasteiger partial charge in [-0.2, -0.15) is 0 Å². The zero-order valence-electron chi connectivity index (χ0n) is 9.90. The maximum Gasteiger partial charge on any atom is 0.123 e. The third-order valence-electron chi connectivity index (χ3n) is 2.72. The number of aryl methyl sites for hydroxylation is 1. The number of hydrogen-bond donors (Lipinski definition) is 0. The molecule has 1 aromatic carbocycles. The van der Waals surface area contributed by atoms with E-state index in [1.54, 1.807) is 7.11 Å². The first-order chi connectivity index (χ1) is 8.20. The molecule has 0 radical (unpaired) electrons. The van der Waals surface area contributed by atoms with Gasteiger partial charge in [-0.05, 0) is 30.7 Å². The molecule has 0 aliphatic carbocycles. The van der Waals surface area contributed by atoms with Crippen LogP contribution in [0.3, 0.4) is 0 Å². The molecule has 0 bridgehead atoms. The first-order valence-electron chi connectivity index (χ1n) is 5.43. The van der Waals surface area contributed by atoms with Crippen LogP contribution in [0.5, 0.6) is 5.75 Å². The van der Waals surface area contributed by atoms with Gasteiger partial charge < -0.3 is 4.74 Å². The Balaban J connectivity index is 2.33. The molecule has 88 valence electrons. The van der Waals surface area contributed by atoms with E-state index in [9.17, 15) is 0 Å². The van der Waals surface area contributed by atoms with Gasteiger partial charge in [0, 0.05) is 28.9 Å². The lowest BCUT2D eigenvalue weighted by molar-refractivity contribution is 0.410. The molecule has 2 aromatic rings. The Morgan fingerprint density at radius 2 is 2.12 bits per heavy atom. The largest absolute Gasteiger partial charge is 0.496 e. The molecule has 2 rings (SSSR count). The monoisotopic (exact) mass is 247 g/mol. The van der Waals surface area contributed by atoms with Gasteiger partial charge in [0.2, 0.25) is 0 Å². The molecule has 0 unspecified atom stereocenters. The fourth-order valence-corrected chi connectivity index (χ4v) is 1.91. The summed E-state index contributed by atoms with van der Waals surface area (Å²) in [6.45, 7) is 2.06. The highest BCUT2D eigenvalue weighted by atomic mass is 35.5. The van der Waals surface area contributed by atoms with Crippen molar-refractivity contribution in [1.82, 2.24) is 4.98 Å². The fraction of sp³-hybridized carbons (Fsp3) is 0.214. The molecule has 1 aromatic heterocycles. The van der Waals surface area contributed by atoms with Crippen molar-refractivity contribution in [2.45, 2.75) is 13.3 Å². The number of benzene rings is 1. The second kappa shape index (κ2) is 5.19. The molecule has 0 fully saturated rings. The Morgan fingerprint density at radius 1 is 1.29 bits per heavy atom. The molecule has 0 aliphatic rings. The summed E-state index contributed by atoms with van der Waals surface area (Å²) in [6, 6.07) is 9.69. The SMILES string of the molecule is COc1cc(Cl)ccc1Cc1ncccc1C. The lowest BCUT2D eigenvalue weighted by Gasteiger charge is -2.09. The summed E-state index contributed by atoms with van der Waals surface area (Å²) in [5, 5.41) is 0.684. The Morgan fingerprint density at radius 3 is 2.82 bits per heavy atom. The van der Waals surface area contributed by atoms with Crippen molar-refractivity contribution >= 4 is 11.6 Å². The molecule has 1 heterocycles. The molecule has 0 aliphatic heterocycles. The Kier molecular flexibility index (Phi) is 3.64. The summed E-state index contributed by atoms with van der Waals surface area (Å²) in [4.78, 5) is 4.38. The van der Waals surface area contributed by atoms with E-state index in [-0.39, 0.29) is 0 Å². The fourth-order valence-electron chi connectivity index (χ4n) is 1.75. The minimum absolute atomic E-state index is 0.684. The van der Waals surface area contributed by atoms with Crippen LogP contribution in [0.4, 0.5) is 0 Å². The zero-order valence-corrected chi connectivity index (χ0v) is 10.7. The average Bonchev–Trinajstić information content (AvgIpc) is 2.34. The number of pyridine rings is 1. The van der Waals surface area contributed by atoms with Gasteiger partial charge in [0.15, 0.2) is 0 Å². The van der Waals surface area contributed by atoms with Crippen molar-refractivity contribution in [2.75, 3.05) is 7.11 Å². The number of nitrogens with zero attached hydrogens (tertiary/aromatic N) is 1. The summed E-state index contributed by atoms with van der Waals surface area (Å²) in [6.07, 6.45) is 2.57. The van der Waals surface area contributed by atoms with Crippen molar-refractivity contribution in [1.29, 1.82) is 0 Å². The molecular formula is C14H14ClNO. The average molecular weight is 248 g/mol. The van der Waals surface area contributed by atoms with E-state index in [0.717, 1.165) is 23.4 Å². The summed E-state index contributed by atoms with van der Waals surface area (Å²) < 4.78 is 5.33. The number of halogens is 1. The minimum Gasteiger partial charge on any atom is -0.496 e. The summed E-state index contributed by atoms with van der Waals surface area (Å²) >= 11 is 5.93. The highest BCUT2D eigenvalue weighted by molar-refractivity contribution is 6.30. The second-order valence-electron chi connectivity index (χ2n) is 3.90. The first-order valence-corrected chi connectivity index (χ1v) is 5.81. The third kappa shape index (κ3) is 2.77. The van der Waals surface area contributed by atoms with Crippen LogP contribution in [0.1, 0.15) is 16.8 Å². The smallest absolute Gasteiger partial charge is 0.123 e. The van der Waals surface area contributed by atoms with Crippen LogP contribution in [0.25, 0.3) is 0 Å². The molecule has 0 N–H and O–H groups in total. The van der Waals surface area contributed by atoms with E-state index in [2.05, 4.69) is 18.0 Å². The van der Waals surface area contributed by atoms with Crippen molar-refractivity contribution in [2.24, 2.45) is 0 Å². The number of hydrogen-bond acceptors (Lipinski definition) is 2. The Hall–Kier alpha value is -1.54. The normalized spacial score (nSPS) is 10.3. The predicted molar refractivity (Wildman–Crippen MR) is 69.8 cm³/mol. The van der Waals surface area contributed by atoms with Gasteiger partial charge in [-0.1, -0.05) is 23.7 Å². The lowest BCUT2D eigenvalue weighted by atomic mass is 10.1. The van der Waals surface area contributed by atoms with Crippen LogP contribution >= 0.6 is 11.6 Å². The molecule has 0 atom stereocenters. The predicted octanol–water partition coefficient (Wildman–Crippen LogP) is 3.64. The van der Waals surface area contributed by atoms with Gasteiger partial charge in [-0.15, -0.1) is 0 Å².